The van der Waals surface area contributed by atoms with Crippen LogP contribution in [0.4, 0.5) is 0 Å². The summed E-state index contributed by atoms with van der Waals surface area (Å²) < 4.78 is 0. The molecule has 20 heavy (non-hydrogen) atoms. The number of halogens is 1. The first-order chi connectivity index (χ1) is 9.44. The van der Waals surface area contributed by atoms with Gasteiger partial charge in [0.15, 0.2) is 0 Å². The minimum Gasteiger partial charge on any atom is -0.340 e. The van der Waals surface area contributed by atoms with Crippen LogP contribution in [0.25, 0.3) is 0 Å². The van der Waals surface area contributed by atoms with E-state index in [0.29, 0.717) is 18.2 Å². The zero-order chi connectivity index (χ0) is 14.8. The number of benzene rings is 1. The van der Waals surface area contributed by atoms with Crippen molar-refractivity contribution in [2.24, 2.45) is 5.92 Å². The molecule has 2 rings (SSSR count). The van der Waals surface area contributed by atoms with Crippen LogP contribution < -0.4 is 0 Å². The van der Waals surface area contributed by atoms with Gasteiger partial charge in [-0.05, 0) is 30.2 Å². The number of carbonyl (C=O) groups excluding carboxylic acids is 1. The average molecular weight is 294 g/mol. The van der Waals surface area contributed by atoms with Gasteiger partial charge in [-0.25, -0.2) is 0 Å². The van der Waals surface area contributed by atoms with E-state index in [2.05, 4.69) is 45.0 Å². The maximum absolute atomic E-state index is 12.1. The first-order valence-corrected chi connectivity index (χ1v) is 7.88. The lowest BCUT2D eigenvalue weighted by molar-refractivity contribution is -0.129. The molecule has 1 fully saturated rings. The number of alkyl halides is 1. The van der Waals surface area contributed by atoms with Gasteiger partial charge in [0, 0.05) is 24.9 Å². The fourth-order valence-electron chi connectivity index (χ4n) is 3.19. The molecule has 0 spiro atoms. The van der Waals surface area contributed by atoms with E-state index in [-0.39, 0.29) is 17.4 Å². The molecule has 0 saturated carbocycles. The van der Waals surface area contributed by atoms with Crippen molar-refractivity contribution in [1.82, 2.24) is 4.90 Å². The van der Waals surface area contributed by atoms with Gasteiger partial charge >= 0.3 is 0 Å². The molecule has 2 nitrogen and oxygen atoms in total. The first-order valence-electron chi connectivity index (χ1n) is 7.35. The van der Waals surface area contributed by atoms with Gasteiger partial charge < -0.3 is 4.90 Å². The molecule has 2 unspecified atom stereocenters. The van der Waals surface area contributed by atoms with Crippen LogP contribution in [0.1, 0.15) is 39.2 Å². The molecule has 0 aliphatic carbocycles. The van der Waals surface area contributed by atoms with Gasteiger partial charge in [0.05, 0.1) is 0 Å². The number of carbonyl (C=O) groups is 1. The number of hydrogen-bond donors (Lipinski definition) is 0. The first kappa shape index (κ1) is 15.4. The molecule has 3 heteroatoms. The monoisotopic (exact) mass is 293 g/mol. The van der Waals surface area contributed by atoms with Crippen LogP contribution in [0.15, 0.2) is 30.3 Å². The molecule has 0 aromatic heterocycles. The molecule has 1 aliphatic rings. The molecular weight excluding hydrogens is 270 g/mol. The largest absolute Gasteiger partial charge is 0.340 e. The third-order valence-corrected chi connectivity index (χ3v) is 4.79. The summed E-state index contributed by atoms with van der Waals surface area (Å²) in [5.74, 6) is 1.16. The summed E-state index contributed by atoms with van der Waals surface area (Å²) in [4.78, 5) is 14.1. The molecule has 0 bridgehead atoms. The van der Waals surface area contributed by atoms with Crippen molar-refractivity contribution >= 4 is 17.5 Å². The standard InChI is InChI=1S/C17H24ClNO/c1-13(19-12-14(11-18)9-16(19)20)10-17(2,3)15-7-5-4-6-8-15/h4-8,13-14H,9-12H2,1-3H3. The lowest BCUT2D eigenvalue weighted by Crippen LogP contribution is -2.38. The summed E-state index contributed by atoms with van der Waals surface area (Å²) >= 11 is 5.89. The highest BCUT2D eigenvalue weighted by Gasteiger charge is 2.34. The second kappa shape index (κ2) is 6.17. The smallest absolute Gasteiger partial charge is 0.223 e. The number of nitrogens with zero attached hydrogens (tertiary/aromatic N) is 1. The van der Waals surface area contributed by atoms with Gasteiger partial charge in [0.1, 0.15) is 0 Å². The topological polar surface area (TPSA) is 20.3 Å². The third kappa shape index (κ3) is 3.35. The van der Waals surface area contributed by atoms with Crippen molar-refractivity contribution in [2.75, 3.05) is 12.4 Å². The molecule has 1 heterocycles. The SMILES string of the molecule is CC(CC(C)(C)c1ccccc1)N1CC(CCl)CC1=O. The molecule has 0 radical (unpaired) electrons. The van der Waals surface area contributed by atoms with Crippen molar-refractivity contribution in [2.45, 2.75) is 45.1 Å². The van der Waals surface area contributed by atoms with Crippen molar-refractivity contribution < 1.29 is 4.79 Å². The van der Waals surface area contributed by atoms with Crippen LogP contribution in [-0.4, -0.2) is 29.3 Å². The maximum Gasteiger partial charge on any atom is 0.223 e. The summed E-state index contributed by atoms with van der Waals surface area (Å²) in [7, 11) is 0. The number of likely N-dealkylation sites (tertiary alicyclic amines) is 1. The lowest BCUT2D eigenvalue weighted by atomic mass is 9.79. The Hall–Kier alpha value is -1.02. The minimum atomic E-state index is 0.0695. The second-order valence-electron chi connectivity index (χ2n) is 6.57. The van der Waals surface area contributed by atoms with Crippen LogP contribution in [-0.2, 0) is 10.2 Å². The van der Waals surface area contributed by atoms with Gasteiger partial charge in [-0.3, -0.25) is 4.79 Å². The predicted molar refractivity (Wildman–Crippen MR) is 84.1 cm³/mol. The molecule has 110 valence electrons. The Balaban J connectivity index is 2.04. The highest BCUT2D eigenvalue weighted by Crippen LogP contribution is 2.32. The zero-order valence-electron chi connectivity index (χ0n) is 12.6. The number of amides is 1. The highest BCUT2D eigenvalue weighted by molar-refractivity contribution is 6.18. The third-order valence-electron chi connectivity index (χ3n) is 4.35. The Morgan fingerprint density at radius 1 is 1.35 bits per heavy atom. The van der Waals surface area contributed by atoms with Crippen LogP contribution in [0.3, 0.4) is 0 Å². The quantitative estimate of drug-likeness (QED) is 0.756. The second-order valence-corrected chi connectivity index (χ2v) is 6.88. The summed E-state index contributed by atoms with van der Waals surface area (Å²) in [6.07, 6.45) is 1.58. The van der Waals surface area contributed by atoms with E-state index in [4.69, 9.17) is 11.6 Å². The van der Waals surface area contributed by atoms with Gasteiger partial charge in [0.25, 0.3) is 0 Å². The normalized spacial score (nSPS) is 21.3. The van der Waals surface area contributed by atoms with Crippen LogP contribution in [0.5, 0.6) is 0 Å². The summed E-state index contributed by atoms with van der Waals surface area (Å²) in [6, 6.07) is 10.8. The molecular formula is C17H24ClNO. The Labute approximate surface area is 127 Å². The predicted octanol–water partition coefficient (Wildman–Crippen LogP) is 3.83. The van der Waals surface area contributed by atoms with E-state index >= 15 is 0 Å². The van der Waals surface area contributed by atoms with E-state index in [1.807, 2.05) is 11.0 Å². The number of rotatable bonds is 5. The van der Waals surface area contributed by atoms with Crippen molar-refractivity contribution in [3.8, 4) is 0 Å². The number of hydrogen-bond acceptors (Lipinski definition) is 1. The molecule has 2 atom stereocenters. The van der Waals surface area contributed by atoms with E-state index in [9.17, 15) is 4.79 Å². The van der Waals surface area contributed by atoms with E-state index in [0.717, 1.165) is 13.0 Å². The lowest BCUT2D eigenvalue weighted by Gasteiger charge is -2.33. The molecule has 0 N–H and O–H groups in total. The van der Waals surface area contributed by atoms with Gasteiger partial charge in [-0.1, -0.05) is 44.2 Å². The average Bonchev–Trinajstić information content (AvgIpc) is 2.81. The Bertz CT molecular complexity index is 457. The van der Waals surface area contributed by atoms with Crippen LogP contribution in [0, 0.1) is 5.92 Å². The Morgan fingerprint density at radius 3 is 2.55 bits per heavy atom. The molecule has 1 saturated heterocycles. The molecule has 1 aromatic carbocycles. The Kier molecular flexibility index (Phi) is 4.74. The highest BCUT2D eigenvalue weighted by atomic mass is 35.5. The van der Waals surface area contributed by atoms with E-state index in [1.165, 1.54) is 5.56 Å². The summed E-state index contributed by atoms with van der Waals surface area (Å²) in [5, 5.41) is 0. The van der Waals surface area contributed by atoms with Crippen molar-refractivity contribution in [3.63, 3.8) is 0 Å². The minimum absolute atomic E-state index is 0.0695. The van der Waals surface area contributed by atoms with Gasteiger partial charge in [-0.2, -0.15) is 0 Å². The van der Waals surface area contributed by atoms with E-state index < -0.39 is 0 Å². The van der Waals surface area contributed by atoms with Crippen LogP contribution in [0.2, 0.25) is 0 Å². The maximum atomic E-state index is 12.1. The summed E-state index contributed by atoms with van der Waals surface area (Å²) in [5.41, 5.74) is 1.40. The van der Waals surface area contributed by atoms with Gasteiger partial charge in [0.2, 0.25) is 5.91 Å². The molecule has 1 aliphatic heterocycles. The Morgan fingerprint density at radius 2 is 2.00 bits per heavy atom. The molecule has 1 amide bonds. The van der Waals surface area contributed by atoms with Crippen molar-refractivity contribution in [3.05, 3.63) is 35.9 Å². The van der Waals surface area contributed by atoms with Crippen LogP contribution >= 0.6 is 11.6 Å². The fraction of sp³-hybridized carbons (Fsp3) is 0.588. The zero-order valence-corrected chi connectivity index (χ0v) is 13.4. The summed E-state index contributed by atoms with van der Waals surface area (Å²) in [6.45, 7) is 7.46. The van der Waals surface area contributed by atoms with Gasteiger partial charge in [-0.15, -0.1) is 11.6 Å². The van der Waals surface area contributed by atoms with E-state index in [1.54, 1.807) is 0 Å². The fourth-order valence-corrected chi connectivity index (χ4v) is 3.40. The van der Waals surface area contributed by atoms with Crippen molar-refractivity contribution in [1.29, 1.82) is 0 Å². The molecule has 1 aromatic rings.